The van der Waals surface area contributed by atoms with Crippen molar-refractivity contribution in [3.63, 3.8) is 0 Å². The number of hydrogen-bond donors (Lipinski definition) is 1. The molecule has 1 heterocycles. The molecular formula is C24H24F3NO3. The van der Waals surface area contributed by atoms with Crippen LogP contribution in [0.3, 0.4) is 0 Å². The highest BCUT2D eigenvalue weighted by Gasteiger charge is 2.54. The van der Waals surface area contributed by atoms with E-state index in [0.29, 0.717) is 41.4 Å². The maximum atomic E-state index is 13.0. The Hall–Kier alpha value is -2.41. The number of nitrogens with zero attached hydrogens (tertiary/aromatic N) is 1. The number of rotatable bonds is 5. The summed E-state index contributed by atoms with van der Waals surface area (Å²) in [5.41, 5.74) is -0.834. The summed E-state index contributed by atoms with van der Waals surface area (Å²) in [6.45, 7) is 0. The summed E-state index contributed by atoms with van der Waals surface area (Å²) in [5.74, 6) is 2.17. The van der Waals surface area contributed by atoms with Gasteiger partial charge in [-0.2, -0.15) is 13.2 Å². The van der Waals surface area contributed by atoms with Crippen molar-refractivity contribution in [3.8, 4) is 11.6 Å². The normalized spacial score (nSPS) is 31.6. The fraction of sp³-hybridized carbons (Fsp3) is 0.500. The van der Waals surface area contributed by atoms with Gasteiger partial charge in [0, 0.05) is 24.2 Å². The van der Waals surface area contributed by atoms with E-state index in [0.717, 1.165) is 50.4 Å². The van der Waals surface area contributed by atoms with Gasteiger partial charge in [0.2, 0.25) is 5.88 Å². The Balaban J connectivity index is 1.26. The molecule has 0 radical (unpaired) electrons. The average molecular weight is 431 g/mol. The van der Waals surface area contributed by atoms with Gasteiger partial charge < -0.3 is 9.84 Å². The van der Waals surface area contributed by atoms with Crippen molar-refractivity contribution in [2.24, 2.45) is 23.7 Å². The van der Waals surface area contributed by atoms with Crippen LogP contribution in [0, 0.1) is 23.7 Å². The number of hydrogen-bond acceptors (Lipinski definition) is 4. The summed E-state index contributed by atoms with van der Waals surface area (Å²) < 4.78 is 43.6. The molecule has 1 aromatic carbocycles. The summed E-state index contributed by atoms with van der Waals surface area (Å²) in [6.07, 6.45) is 1.48. The van der Waals surface area contributed by atoms with E-state index in [1.165, 1.54) is 0 Å². The molecule has 7 heteroatoms. The molecule has 31 heavy (non-hydrogen) atoms. The maximum Gasteiger partial charge on any atom is 0.417 e. The van der Waals surface area contributed by atoms with Crippen molar-refractivity contribution in [3.05, 3.63) is 53.7 Å². The molecule has 4 fully saturated rings. The Kier molecular flexibility index (Phi) is 4.84. The predicted octanol–water partition coefficient (Wildman–Crippen LogP) is 5.65. The van der Waals surface area contributed by atoms with Gasteiger partial charge in [-0.15, -0.1) is 0 Å². The first-order valence-corrected chi connectivity index (χ1v) is 10.8. The number of pyridine rings is 1. The van der Waals surface area contributed by atoms with E-state index >= 15 is 0 Å². The van der Waals surface area contributed by atoms with Gasteiger partial charge in [0.25, 0.3) is 0 Å². The summed E-state index contributed by atoms with van der Waals surface area (Å²) in [6, 6.07) is 8.78. The molecule has 4 nitrogen and oxygen atoms in total. The SMILES string of the molecule is O=C(CC1C2CC3CC1CC(O)(C3)C2)c1cccc(Oc2ccc(C(F)(F)F)cn2)c1. The van der Waals surface area contributed by atoms with Crippen LogP contribution in [-0.4, -0.2) is 21.5 Å². The highest BCUT2D eigenvalue weighted by molar-refractivity contribution is 5.96. The number of benzene rings is 1. The summed E-state index contributed by atoms with van der Waals surface area (Å²) in [7, 11) is 0. The van der Waals surface area contributed by atoms with Crippen LogP contribution in [0.1, 0.15) is 54.4 Å². The van der Waals surface area contributed by atoms with Crippen LogP contribution in [0.15, 0.2) is 42.6 Å². The van der Waals surface area contributed by atoms with Crippen molar-refractivity contribution in [2.75, 3.05) is 0 Å². The standard InChI is InChI=1S/C24H24F3NO3/c25-24(26,27)18-4-5-22(28-13-18)31-19-3-1-2-15(8-19)21(29)9-20-16-6-14-7-17(20)12-23(30,10-14)11-16/h1-5,8,13-14,16-17,20,30H,6-7,9-12H2. The van der Waals surface area contributed by atoms with Gasteiger partial charge in [-0.3, -0.25) is 4.79 Å². The molecular weight excluding hydrogens is 407 g/mol. The number of ketones is 1. The molecule has 0 saturated heterocycles. The molecule has 4 saturated carbocycles. The van der Waals surface area contributed by atoms with Crippen LogP contribution in [0.2, 0.25) is 0 Å². The number of ether oxygens (including phenoxy) is 1. The zero-order chi connectivity index (χ0) is 21.8. The third kappa shape index (κ3) is 4.07. The topological polar surface area (TPSA) is 59.4 Å². The fourth-order valence-corrected chi connectivity index (χ4v) is 6.21. The Labute approximate surface area is 178 Å². The van der Waals surface area contributed by atoms with Crippen molar-refractivity contribution >= 4 is 5.78 Å². The molecule has 4 aliphatic rings. The van der Waals surface area contributed by atoms with Crippen LogP contribution in [0.5, 0.6) is 11.6 Å². The van der Waals surface area contributed by atoms with Crippen molar-refractivity contribution in [1.82, 2.24) is 4.98 Å². The lowest BCUT2D eigenvalue weighted by Gasteiger charge is -2.58. The summed E-state index contributed by atoms with van der Waals surface area (Å²) in [5, 5.41) is 10.7. The van der Waals surface area contributed by atoms with Crippen LogP contribution in [-0.2, 0) is 6.18 Å². The van der Waals surface area contributed by atoms with Crippen molar-refractivity contribution in [2.45, 2.75) is 50.3 Å². The highest BCUT2D eigenvalue weighted by atomic mass is 19.4. The zero-order valence-electron chi connectivity index (χ0n) is 16.9. The Bertz CT molecular complexity index is 972. The molecule has 0 amide bonds. The van der Waals surface area contributed by atoms with Crippen LogP contribution in [0.25, 0.3) is 0 Å². The minimum absolute atomic E-state index is 0.0341. The molecule has 4 aliphatic carbocycles. The molecule has 164 valence electrons. The number of carbonyl (C=O) groups excluding carboxylic acids is 1. The number of aliphatic hydroxyl groups is 1. The molecule has 4 bridgehead atoms. The van der Waals surface area contributed by atoms with Gasteiger partial charge in [0.05, 0.1) is 11.2 Å². The van der Waals surface area contributed by atoms with Gasteiger partial charge in [-0.25, -0.2) is 4.98 Å². The van der Waals surface area contributed by atoms with Gasteiger partial charge in [0.1, 0.15) is 5.75 Å². The molecule has 0 aliphatic heterocycles. The molecule has 2 aromatic rings. The lowest BCUT2D eigenvalue weighted by atomic mass is 9.49. The molecule has 6 rings (SSSR count). The van der Waals surface area contributed by atoms with E-state index in [4.69, 9.17) is 4.74 Å². The number of Topliss-reactive ketones (excluding diaryl/α,β-unsaturated/α-hetero) is 1. The number of carbonyl (C=O) groups is 1. The number of halogens is 3. The molecule has 1 N–H and O–H groups in total. The Morgan fingerprint density at radius 3 is 2.48 bits per heavy atom. The summed E-state index contributed by atoms with van der Waals surface area (Å²) in [4.78, 5) is 16.7. The summed E-state index contributed by atoms with van der Waals surface area (Å²) >= 11 is 0. The third-order valence-electron chi connectivity index (χ3n) is 7.30. The first-order valence-electron chi connectivity index (χ1n) is 10.8. The minimum atomic E-state index is -4.45. The maximum absolute atomic E-state index is 13.0. The Morgan fingerprint density at radius 1 is 1.13 bits per heavy atom. The third-order valence-corrected chi connectivity index (χ3v) is 7.30. The minimum Gasteiger partial charge on any atom is -0.439 e. The zero-order valence-corrected chi connectivity index (χ0v) is 16.9. The second-order valence-electron chi connectivity index (χ2n) is 9.50. The van der Waals surface area contributed by atoms with Crippen LogP contribution >= 0.6 is 0 Å². The van der Waals surface area contributed by atoms with E-state index in [2.05, 4.69) is 4.98 Å². The predicted molar refractivity (Wildman–Crippen MR) is 107 cm³/mol. The van der Waals surface area contributed by atoms with Gasteiger partial charge >= 0.3 is 6.18 Å². The van der Waals surface area contributed by atoms with E-state index in [1.807, 2.05) is 0 Å². The highest BCUT2D eigenvalue weighted by Crippen LogP contribution is 2.59. The van der Waals surface area contributed by atoms with Crippen molar-refractivity contribution in [1.29, 1.82) is 0 Å². The van der Waals surface area contributed by atoms with Gasteiger partial charge in [-0.1, -0.05) is 12.1 Å². The van der Waals surface area contributed by atoms with E-state index in [1.54, 1.807) is 24.3 Å². The molecule has 1 aromatic heterocycles. The molecule has 2 unspecified atom stereocenters. The largest absolute Gasteiger partial charge is 0.439 e. The smallest absolute Gasteiger partial charge is 0.417 e. The number of alkyl halides is 3. The van der Waals surface area contributed by atoms with E-state index < -0.39 is 17.3 Å². The number of aromatic nitrogens is 1. The Morgan fingerprint density at radius 2 is 1.87 bits per heavy atom. The second kappa shape index (κ2) is 7.33. The van der Waals surface area contributed by atoms with Crippen LogP contribution < -0.4 is 4.74 Å². The first kappa shape index (κ1) is 20.5. The molecule has 2 atom stereocenters. The van der Waals surface area contributed by atoms with Gasteiger partial charge in [0.15, 0.2) is 5.78 Å². The van der Waals surface area contributed by atoms with Gasteiger partial charge in [-0.05, 0) is 74.0 Å². The fourth-order valence-electron chi connectivity index (χ4n) is 6.21. The second-order valence-corrected chi connectivity index (χ2v) is 9.50. The first-order chi connectivity index (χ1) is 14.7. The molecule has 0 spiro atoms. The quantitative estimate of drug-likeness (QED) is 0.622. The average Bonchev–Trinajstić information content (AvgIpc) is 2.69. The van der Waals surface area contributed by atoms with E-state index in [-0.39, 0.29) is 11.7 Å². The lowest BCUT2D eigenvalue weighted by Crippen LogP contribution is -2.54. The van der Waals surface area contributed by atoms with E-state index in [9.17, 15) is 23.1 Å². The lowest BCUT2D eigenvalue weighted by molar-refractivity contribution is -0.151. The van der Waals surface area contributed by atoms with Crippen LogP contribution in [0.4, 0.5) is 13.2 Å². The van der Waals surface area contributed by atoms with Crippen molar-refractivity contribution < 1.29 is 27.8 Å². The monoisotopic (exact) mass is 431 g/mol.